The quantitative estimate of drug-likeness (QED) is 0.779. The molecule has 0 aliphatic carbocycles. The van der Waals surface area contributed by atoms with Gasteiger partial charge in [-0.05, 0) is 49.2 Å². The van der Waals surface area contributed by atoms with Crippen LogP contribution in [0.5, 0.6) is 0 Å². The van der Waals surface area contributed by atoms with E-state index in [0.29, 0.717) is 18.8 Å². The molecule has 0 radical (unpaired) electrons. The van der Waals surface area contributed by atoms with Gasteiger partial charge in [-0.2, -0.15) is 5.10 Å². The number of carbonyl (C=O) groups excluding carboxylic acids is 1. The Morgan fingerprint density at radius 3 is 2.48 bits per heavy atom. The average molecular weight is 361 g/mol. The Hall–Kier alpha value is -3.15. The number of carbonyl (C=O) groups is 1. The summed E-state index contributed by atoms with van der Waals surface area (Å²) in [4.78, 5) is 21.1. The zero-order valence-corrected chi connectivity index (χ0v) is 15.6. The molecular formula is C21H23N5O. The number of H-pyrrole nitrogens is 1. The van der Waals surface area contributed by atoms with Gasteiger partial charge in [0, 0.05) is 49.8 Å². The highest BCUT2D eigenvalue weighted by atomic mass is 16.2. The molecule has 1 N–H and O–H groups in total. The first kappa shape index (κ1) is 17.3. The molecule has 4 rings (SSSR count). The summed E-state index contributed by atoms with van der Waals surface area (Å²) in [6.07, 6.45) is 3.44. The van der Waals surface area contributed by atoms with Crippen molar-refractivity contribution in [3.8, 4) is 11.3 Å². The maximum absolute atomic E-state index is 12.8. The van der Waals surface area contributed by atoms with Gasteiger partial charge in [-0.1, -0.05) is 12.1 Å². The third-order valence-corrected chi connectivity index (χ3v) is 5.06. The summed E-state index contributed by atoms with van der Waals surface area (Å²) in [5, 5.41) is 7.16. The first-order chi connectivity index (χ1) is 13.1. The zero-order chi connectivity index (χ0) is 18.8. The summed E-state index contributed by atoms with van der Waals surface area (Å²) in [7, 11) is 0. The van der Waals surface area contributed by atoms with Gasteiger partial charge in [-0.3, -0.25) is 14.9 Å². The second-order valence-electron chi connectivity index (χ2n) is 6.97. The number of hydrogen-bond donors (Lipinski definition) is 1. The van der Waals surface area contributed by atoms with Crippen molar-refractivity contribution < 1.29 is 4.79 Å². The Bertz CT molecular complexity index is 942. The van der Waals surface area contributed by atoms with Crippen LogP contribution in [0.3, 0.4) is 0 Å². The topological polar surface area (TPSA) is 65.1 Å². The Labute approximate surface area is 158 Å². The lowest BCUT2D eigenvalue weighted by molar-refractivity contribution is 0.0741. The fraction of sp³-hybridized carbons (Fsp3) is 0.286. The molecule has 0 bridgehead atoms. The summed E-state index contributed by atoms with van der Waals surface area (Å²) < 4.78 is 0. The highest BCUT2D eigenvalue weighted by molar-refractivity contribution is 5.93. The Kier molecular flexibility index (Phi) is 4.62. The number of piperazine rings is 1. The number of pyridine rings is 1. The van der Waals surface area contributed by atoms with Crippen LogP contribution in [0.2, 0.25) is 0 Å². The predicted molar refractivity (Wildman–Crippen MR) is 106 cm³/mol. The number of aryl methyl sites for hydroxylation is 2. The number of hydrogen-bond acceptors (Lipinski definition) is 4. The van der Waals surface area contributed by atoms with Gasteiger partial charge in [0.1, 0.15) is 5.69 Å². The molecule has 138 valence electrons. The lowest BCUT2D eigenvalue weighted by Crippen LogP contribution is -2.49. The standard InChI is InChI=1S/C21H23N5O/c1-15-3-4-16(2)20(13-15)25-9-11-26(12-10-25)21(27)19-14-18(23-24-19)17-5-7-22-8-6-17/h3-8,13-14H,9-12H2,1-2H3,(H,23,24). The summed E-state index contributed by atoms with van der Waals surface area (Å²) >= 11 is 0. The van der Waals surface area contributed by atoms with Gasteiger partial charge in [0.2, 0.25) is 0 Å². The number of anilines is 1. The van der Waals surface area contributed by atoms with Gasteiger partial charge < -0.3 is 9.80 Å². The van der Waals surface area contributed by atoms with E-state index in [-0.39, 0.29) is 5.91 Å². The maximum atomic E-state index is 12.8. The van der Waals surface area contributed by atoms with E-state index in [1.807, 2.05) is 23.1 Å². The van der Waals surface area contributed by atoms with Crippen molar-refractivity contribution in [2.75, 3.05) is 31.1 Å². The van der Waals surface area contributed by atoms with Crippen molar-refractivity contribution in [3.63, 3.8) is 0 Å². The van der Waals surface area contributed by atoms with E-state index in [0.717, 1.165) is 24.3 Å². The van der Waals surface area contributed by atoms with Crippen LogP contribution in [0.25, 0.3) is 11.3 Å². The molecule has 1 aromatic carbocycles. The van der Waals surface area contributed by atoms with Crippen molar-refractivity contribution in [1.29, 1.82) is 0 Å². The van der Waals surface area contributed by atoms with Gasteiger partial charge in [-0.25, -0.2) is 0 Å². The van der Waals surface area contributed by atoms with Crippen LogP contribution in [0.4, 0.5) is 5.69 Å². The Morgan fingerprint density at radius 2 is 1.74 bits per heavy atom. The van der Waals surface area contributed by atoms with Gasteiger partial charge >= 0.3 is 0 Å². The van der Waals surface area contributed by atoms with Crippen LogP contribution >= 0.6 is 0 Å². The average Bonchev–Trinajstić information content (AvgIpc) is 3.20. The molecule has 0 atom stereocenters. The van der Waals surface area contributed by atoms with Crippen molar-refractivity contribution in [2.45, 2.75) is 13.8 Å². The number of nitrogens with one attached hydrogen (secondary N) is 1. The second-order valence-corrected chi connectivity index (χ2v) is 6.97. The number of aromatic amines is 1. The van der Waals surface area contributed by atoms with E-state index in [9.17, 15) is 4.79 Å². The van der Waals surface area contributed by atoms with E-state index in [4.69, 9.17) is 0 Å². The number of nitrogens with zero attached hydrogens (tertiary/aromatic N) is 4. The molecule has 1 saturated heterocycles. The molecule has 6 nitrogen and oxygen atoms in total. The van der Waals surface area contributed by atoms with Crippen LogP contribution in [-0.4, -0.2) is 52.2 Å². The maximum Gasteiger partial charge on any atom is 0.272 e. The van der Waals surface area contributed by atoms with Crippen molar-refractivity contribution in [1.82, 2.24) is 20.1 Å². The fourth-order valence-corrected chi connectivity index (χ4v) is 3.48. The van der Waals surface area contributed by atoms with E-state index < -0.39 is 0 Å². The van der Waals surface area contributed by atoms with E-state index in [1.165, 1.54) is 16.8 Å². The van der Waals surface area contributed by atoms with Gasteiger partial charge in [0.15, 0.2) is 0 Å². The summed E-state index contributed by atoms with van der Waals surface area (Å²) in [6.45, 7) is 7.33. The molecule has 0 spiro atoms. The number of amides is 1. The third-order valence-electron chi connectivity index (χ3n) is 5.06. The van der Waals surface area contributed by atoms with Gasteiger partial charge in [0.25, 0.3) is 5.91 Å². The number of benzene rings is 1. The molecule has 3 heterocycles. The Morgan fingerprint density at radius 1 is 1.00 bits per heavy atom. The van der Waals surface area contributed by atoms with Gasteiger partial charge in [-0.15, -0.1) is 0 Å². The van der Waals surface area contributed by atoms with Crippen LogP contribution < -0.4 is 4.90 Å². The SMILES string of the molecule is Cc1ccc(C)c(N2CCN(C(=O)c3cc(-c4ccncc4)n[nH]3)CC2)c1. The first-order valence-corrected chi connectivity index (χ1v) is 9.19. The molecule has 27 heavy (non-hydrogen) atoms. The van der Waals surface area contributed by atoms with Crippen molar-refractivity contribution in [3.05, 3.63) is 65.6 Å². The lowest BCUT2D eigenvalue weighted by Gasteiger charge is -2.36. The molecule has 1 aliphatic rings. The van der Waals surface area contributed by atoms with Crippen molar-refractivity contribution in [2.24, 2.45) is 0 Å². The van der Waals surface area contributed by atoms with E-state index in [2.05, 4.69) is 52.1 Å². The minimum absolute atomic E-state index is 0.00317. The molecule has 1 amide bonds. The summed E-state index contributed by atoms with van der Waals surface area (Å²) in [6, 6.07) is 12.1. The van der Waals surface area contributed by atoms with Crippen molar-refractivity contribution >= 4 is 11.6 Å². The smallest absolute Gasteiger partial charge is 0.272 e. The van der Waals surface area contributed by atoms with Crippen LogP contribution in [-0.2, 0) is 0 Å². The lowest BCUT2D eigenvalue weighted by atomic mass is 10.1. The Balaban J connectivity index is 1.43. The highest BCUT2D eigenvalue weighted by Gasteiger charge is 2.24. The predicted octanol–water partition coefficient (Wildman–Crippen LogP) is 3.05. The third kappa shape index (κ3) is 3.56. The largest absolute Gasteiger partial charge is 0.368 e. The molecule has 1 fully saturated rings. The van der Waals surface area contributed by atoms with Crippen LogP contribution in [0.1, 0.15) is 21.6 Å². The summed E-state index contributed by atoms with van der Waals surface area (Å²) in [5.74, 6) is 0.00317. The first-order valence-electron chi connectivity index (χ1n) is 9.19. The zero-order valence-electron chi connectivity index (χ0n) is 15.6. The van der Waals surface area contributed by atoms with Crippen LogP contribution in [0, 0.1) is 13.8 Å². The molecular weight excluding hydrogens is 338 g/mol. The van der Waals surface area contributed by atoms with E-state index >= 15 is 0 Å². The van der Waals surface area contributed by atoms with E-state index in [1.54, 1.807) is 12.4 Å². The highest BCUT2D eigenvalue weighted by Crippen LogP contribution is 2.23. The minimum atomic E-state index is 0.00317. The monoisotopic (exact) mass is 361 g/mol. The molecule has 1 aliphatic heterocycles. The minimum Gasteiger partial charge on any atom is -0.368 e. The fourth-order valence-electron chi connectivity index (χ4n) is 3.48. The normalized spacial score (nSPS) is 14.4. The molecule has 0 unspecified atom stereocenters. The number of rotatable bonds is 3. The molecule has 3 aromatic rings. The molecule has 2 aromatic heterocycles. The van der Waals surface area contributed by atoms with Gasteiger partial charge in [0.05, 0.1) is 5.69 Å². The molecule has 6 heteroatoms. The summed E-state index contributed by atoms with van der Waals surface area (Å²) in [5.41, 5.74) is 6.03. The second kappa shape index (κ2) is 7.23. The number of aromatic nitrogens is 3. The van der Waals surface area contributed by atoms with Crippen LogP contribution in [0.15, 0.2) is 48.8 Å². The molecule has 0 saturated carbocycles.